The van der Waals surface area contributed by atoms with Crippen molar-refractivity contribution in [3.05, 3.63) is 0 Å². The summed E-state index contributed by atoms with van der Waals surface area (Å²) < 4.78 is 37.2. The molecule has 0 aromatic carbocycles. The second kappa shape index (κ2) is 6.54. The largest absolute Gasteiger partial charge is 0.409 e. The Kier molecular flexibility index (Phi) is 6.12. The molecule has 0 fully saturated rings. The first-order valence-electron chi connectivity index (χ1n) is 4.68. The van der Waals surface area contributed by atoms with Crippen LogP contribution < -0.4 is 11.1 Å². The van der Waals surface area contributed by atoms with Gasteiger partial charge in [0.15, 0.2) is 5.84 Å². The molecule has 0 bridgehead atoms. The average Bonchev–Trinajstić information content (AvgIpc) is 2.21. The predicted molar refractivity (Wildman–Crippen MR) is 52.1 cm³/mol. The first-order chi connectivity index (χ1) is 7.32. The first-order valence-corrected chi connectivity index (χ1v) is 4.68. The SMILES string of the molecule is CC(CO)CNCC(C(N)=NO)C(F)(F)F. The number of aliphatic hydroxyl groups is 1. The summed E-state index contributed by atoms with van der Waals surface area (Å²) in [5.41, 5.74) is 4.94. The zero-order chi connectivity index (χ0) is 12.8. The van der Waals surface area contributed by atoms with Gasteiger partial charge in [0.2, 0.25) is 0 Å². The van der Waals surface area contributed by atoms with Crippen molar-refractivity contribution in [1.29, 1.82) is 0 Å². The van der Waals surface area contributed by atoms with E-state index in [0.29, 0.717) is 0 Å². The van der Waals surface area contributed by atoms with E-state index in [1.54, 1.807) is 6.92 Å². The molecular weight excluding hydrogens is 227 g/mol. The van der Waals surface area contributed by atoms with Gasteiger partial charge in [-0.05, 0) is 12.5 Å². The second-order valence-corrected chi connectivity index (χ2v) is 3.57. The molecule has 2 atom stereocenters. The molecule has 0 spiro atoms. The molecule has 0 saturated heterocycles. The second-order valence-electron chi connectivity index (χ2n) is 3.57. The van der Waals surface area contributed by atoms with Crippen molar-refractivity contribution >= 4 is 5.84 Å². The van der Waals surface area contributed by atoms with Crippen molar-refractivity contribution in [3.8, 4) is 0 Å². The molecular formula is C8H16F3N3O2. The molecule has 0 saturated carbocycles. The standard InChI is InChI=1S/C8H16F3N3O2/c1-5(4-15)2-13-3-6(7(12)14-16)8(9,10)11/h5-6,13,15-16H,2-4H2,1H3,(H2,12,14). The maximum Gasteiger partial charge on any atom is 0.400 e. The molecule has 0 heterocycles. The van der Waals surface area contributed by atoms with Crippen LogP contribution in [0.2, 0.25) is 0 Å². The van der Waals surface area contributed by atoms with E-state index >= 15 is 0 Å². The van der Waals surface area contributed by atoms with E-state index in [2.05, 4.69) is 10.5 Å². The van der Waals surface area contributed by atoms with Crippen molar-refractivity contribution in [2.45, 2.75) is 13.1 Å². The van der Waals surface area contributed by atoms with E-state index in [1.807, 2.05) is 0 Å². The maximum absolute atomic E-state index is 12.4. The van der Waals surface area contributed by atoms with Crippen molar-refractivity contribution < 1.29 is 23.5 Å². The number of nitrogens with two attached hydrogens (primary N) is 1. The van der Waals surface area contributed by atoms with Crippen LogP contribution in [0.1, 0.15) is 6.92 Å². The van der Waals surface area contributed by atoms with Gasteiger partial charge in [-0.1, -0.05) is 12.1 Å². The zero-order valence-electron chi connectivity index (χ0n) is 8.83. The number of alkyl halides is 3. The van der Waals surface area contributed by atoms with Gasteiger partial charge in [-0.25, -0.2) is 0 Å². The summed E-state index contributed by atoms with van der Waals surface area (Å²) in [5.74, 6) is -3.05. The third-order valence-corrected chi connectivity index (χ3v) is 2.02. The lowest BCUT2D eigenvalue weighted by Gasteiger charge is -2.20. The van der Waals surface area contributed by atoms with E-state index in [4.69, 9.17) is 16.0 Å². The van der Waals surface area contributed by atoms with Gasteiger partial charge in [-0.2, -0.15) is 13.2 Å². The summed E-state index contributed by atoms with van der Waals surface area (Å²) in [5, 5.41) is 21.7. The Bertz CT molecular complexity index is 233. The molecule has 96 valence electrons. The Balaban J connectivity index is 4.25. The van der Waals surface area contributed by atoms with Crippen LogP contribution in [0.5, 0.6) is 0 Å². The Morgan fingerprint density at radius 1 is 1.44 bits per heavy atom. The Morgan fingerprint density at radius 3 is 2.38 bits per heavy atom. The molecule has 5 nitrogen and oxygen atoms in total. The van der Waals surface area contributed by atoms with Gasteiger partial charge in [0.25, 0.3) is 0 Å². The van der Waals surface area contributed by atoms with Crippen LogP contribution in [-0.4, -0.2) is 42.0 Å². The third-order valence-electron chi connectivity index (χ3n) is 2.02. The smallest absolute Gasteiger partial charge is 0.400 e. The number of nitrogens with zero attached hydrogens (tertiary/aromatic N) is 1. The predicted octanol–water partition coefficient (Wildman–Crippen LogP) is 0.129. The highest BCUT2D eigenvalue weighted by molar-refractivity contribution is 5.83. The van der Waals surface area contributed by atoms with Crippen molar-refractivity contribution in [3.63, 3.8) is 0 Å². The molecule has 0 radical (unpaired) electrons. The number of nitrogens with one attached hydrogen (secondary N) is 1. The molecule has 5 N–H and O–H groups in total. The molecule has 8 heteroatoms. The Labute approximate surface area is 91.1 Å². The number of halogens is 3. The van der Waals surface area contributed by atoms with Gasteiger partial charge in [-0.3, -0.25) is 0 Å². The van der Waals surface area contributed by atoms with Crippen molar-refractivity contribution in [1.82, 2.24) is 5.32 Å². The molecule has 0 aliphatic carbocycles. The fourth-order valence-corrected chi connectivity index (χ4v) is 0.996. The van der Waals surface area contributed by atoms with Gasteiger partial charge in [0, 0.05) is 13.2 Å². The summed E-state index contributed by atoms with van der Waals surface area (Å²) in [6.45, 7) is 1.30. The fourth-order valence-electron chi connectivity index (χ4n) is 0.996. The van der Waals surface area contributed by atoms with Crippen LogP contribution in [0.15, 0.2) is 5.16 Å². The quantitative estimate of drug-likeness (QED) is 0.231. The lowest BCUT2D eigenvalue weighted by molar-refractivity contribution is -0.155. The molecule has 0 amide bonds. The van der Waals surface area contributed by atoms with E-state index in [0.717, 1.165) is 0 Å². The highest BCUT2D eigenvalue weighted by Crippen LogP contribution is 2.25. The lowest BCUT2D eigenvalue weighted by atomic mass is 10.1. The molecule has 2 unspecified atom stereocenters. The Morgan fingerprint density at radius 2 is 2.00 bits per heavy atom. The van der Waals surface area contributed by atoms with Crippen molar-refractivity contribution in [2.24, 2.45) is 22.7 Å². The lowest BCUT2D eigenvalue weighted by Crippen LogP contribution is -2.43. The van der Waals surface area contributed by atoms with Crippen LogP contribution in [0.3, 0.4) is 0 Å². The first kappa shape index (κ1) is 15.0. The highest BCUT2D eigenvalue weighted by Gasteiger charge is 2.42. The van der Waals surface area contributed by atoms with E-state index in [-0.39, 0.29) is 19.1 Å². The molecule has 0 aliphatic rings. The number of hydrogen-bond donors (Lipinski definition) is 4. The zero-order valence-corrected chi connectivity index (χ0v) is 8.83. The average molecular weight is 243 g/mol. The maximum atomic E-state index is 12.4. The summed E-state index contributed by atoms with van der Waals surface area (Å²) in [7, 11) is 0. The molecule has 0 aromatic rings. The number of oxime groups is 1. The van der Waals surface area contributed by atoms with Gasteiger partial charge >= 0.3 is 6.18 Å². The van der Waals surface area contributed by atoms with E-state index < -0.39 is 24.5 Å². The fraction of sp³-hybridized carbons (Fsp3) is 0.875. The number of aliphatic hydroxyl groups excluding tert-OH is 1. The van der Waals surface area contributed by atoms with Crippen LogP contribution in [0.25, 0.3) is 0 Å². The Hall–Kier alpha value is -1.02. The van der Waals surface area contributed by atoms with Crippen LogP contribution in [0.4, 0.5) is 13.2 Å². The molecule has 0 aromatic heterocycles. The minimum atomic E-state index is -4.56. The minimum Gasteiger partial charge on any atom is -0.409 e. The third kappa shape index (κ3) is 5.17. The topological polar surface area (TPSA) is 90.9 Å². The van der Waals surface area contributed by atoms with Gasteiger partial charge in [0.1, 0.15) is 5.92 Å². The summed E-state index contributed by atoms with van der Waals surface area (Å²) in [6, 6.07) is 0. The van der Waals surface area contributed by atoms with Crippen molar-refractivity contribution in [2.75, 3.05) is 19.7 Å². The summed E-state index contributed by atoms with van der Waals surface area (Å²) in [6.07, 6.45) is -4.56. The van der Waals surface area contributed by atoms with Gasteiger partial charge < -0.3 is 21.4 Å². The van der Waals surface area contributed by atoms with Crippen LogP contribution in [0, 0.1) is 11.8 Å². The van der Waals surface area contributed by atoms with Gasteiger partial charge in [-0.15, -0.1) is 0 Å². The minimum absolute atomic E-state index is 0.118. The van der Waals surface area contributed by atoms with Crippen LogP contribution >= 0.6 is 0 Å². The van der Waals surface area contributed by atoms with Crippen LogP contribution in [-0.2, 0) is 0 Å². The monoisotopic (exact) mass is 243 g/mol. The summed E-state index contributed by atoms with van der Waals surface area (Å²) in [4.78, 5) is 0. The summed E-state index contributed by atoms with van der Waals surface area (Å²) >= 11 is 0. The van der Waals surface area contributed by atoms with Gasteiger partial charge in [0.05, 0.1) is 0 Å². The normalized spacial score (nSPS) is 17.2. The number of amidine groups is 1. The van der Waals surface area contributed by atoms with E-state index in [9.17, 15) is 13.2 Å². The van der Waals surface area contributed by atoms with E-state index in [1.165, 1.54) is 0 Å². The number of hydrogen-bond acceptors (Lipinski definition) is 4. The number of rotatable bonds is 6. The molecule has 16 heavy (non-hydrogen) atoms. The molecule has 0 aliphatic heterocycles. The highest BCUT2D eigenvalue weighted by atomic mass is 19.4. The molecule has 0 rings (SSSR count).